The second kappa shape index (κ2) is 11.7. The zero-order valence-corrected chi connectivity index (χ0v) is 23.3. The first-order chi connectivity index (χ1) is 19.4. The molecule has 4 aliphatic rings. The molecule has 0 unspecified atom stereocenters. The smallest absolute Gasteiger partial charge is 0.320 e. The number of aromatic amines is 1. The number of likely N-dealkylation sites (tertiary alicyclic amines) is 2. The minimum Gasteiger partial charge on any atom is -0.480 e. The zero-order chi connectivity index (χ0) is 27.7. The number of piperidine rings is 2. The summed E-state index contributed by atoms with van der Waals surface area (Å²) in [6.07, 6.45) is 9.07. The lowest BCUT2D eigenvalue weighted by molar-refractivity contribution is -0.143. The van der Waals surface area contributed by atoms with Crippen molar-refractivity contribution in [1.29, 1.82) is 0 Å². The van der Waals surface area contributed by atoms with E-state index in [1.165, 1.54) is 25.2 Å². The van der Waals surface area contributed by atoms with Gasteiger partial charge in [-0.15, -0.1) is 0 Å². The second-order valence-electron chi connectivity index (χ2n) is 12.9. The van der Waals surface area contributed by atoms with Crippen LogP contribution in [0.3, 0.4) is 0 Å². The van der Waals surface area contributed by atoms with Crippen molar-refractivity contribution in [2.75, 3.05) is 45.8 Å². The van der Waals surface area contributed by atoms with Gasteiger partial charge in [0.05, 0.1) is 25.7 Å². The summed E-state index contributed by atoms with van der Waals surface area (Å²) in [5, 5.41) is 13.7. The molecule has 3 saturated heterocycles. The lowest BCUT2D eigenvalue weighted by Gasteiger charge is -2.46. The second-order valence-corrected chi connectivity index (χ2v) is 12.9. The van der Waals surface area contributed by atoms with E-state index < -0.39 is 12.0 Å². The van der Waals surface area contributed by atoms with Crippen LogP contribution in [0.4, 0.5) is 10.2 Å². The molecular weight excluding hydrogens is 509 g/mol. The van der Waals surface area contributed by atoms with Crippen LogP contribution in [0.5, 0.6) is 0 Å². The molecule has 1 aromatic heterocycles. The van der Waals surface area contributed by atoms with Gasteiger partial charge in [0, 0.05) is 37.8 Å². The number of nitrogens with one attached hydrogen (secondary N) is 2. The fourth-order valence-electron chi connectivity index (χ4n) is 7.98. The predicted octanol–water partition coefficient (Wildman–Crippen LogP) is 3.59. The van der Waals surface area contributed by atoms with E-state index in [2.05, 4.69) is 15.2 Å². The number of benzene rings is 1. The summed E-state index contributed by atoms with van der Waals surface area (Å²) in [4.78, 5) is 34.4. The molecule has 0 amide bonds. The Hall–Kier alpha value is -2.62. The number of hydrogen-bond donors (Lipinski definition) is 3. The van der Waals surface area contributed by atoms with Gasteiger partial charge in [-0.25, -0.2) is 4.39 Å². The summed E-state index contributed by atoms with van der Waals surface area (Å²) < 4.78 is 15.0. The number of carboxylic acid groups (broad SMARTS) is 1. The van der Waals surface area contributed by atoms with E-state index >= 15 is 0 Å². The molecule has 0 bridgehead atoms. The Morgan fingerprint density at radius 2 is 1.82 bits per heavy atom. The number of H-pyrrole nitrogens is 1. The van der Waals surface area contributed by atoms with Gasteiger partial charge in [0.1, 0.15) is 18.2 Å². The fraction of sp³-hybridized carbons (Fsp3) is 0.645. The van der Waals surface area contributed by atoms with Crippen molar-refractivity contribution in [3.8, 4) is 0 Å². The number of nitrogens with zero attached hydrogens (tertiary/aromatic N) is 3. The van der Waals surface area contributed by atoms with Crippen LogP contribution in [0.15, 0.2) is 41.5 Å². The van der Waals surface area contributed by atoms with Crippen molar-refractivity contribution in [2.45, 2.75) is 56.9 Å². The standard InChI is InChI=1S/C31H42FN5O3/c32-26-3-1-2-24(15-26)27-18-36(28(31(39)40)14-21-4-5-21)17-25(27)19-37(29-16-30(38)35-20-34-29)12-8-23(9-13-37)22-6-10-33-11-7-22/h1-3,15-16,20-23,25,27-28,33H,4-14,17-19H2,(H-,34,35,38,39,40)/p+1/t23?,25-,27+,28+,37?/m0/s1. The van der Waals surface area contributed by atoms with Gasteiger partial charge in [-0.2, -0.15) is 4.98 Å². The quantitative estimate of drug-likeness (QED) is 0.412. The van der Waals surface area contributed by atoms with E-state index in [1.54, 1.807) is 18.2 Å². The number of hydrogen-bond acceptors (Lipinski definition) is 5. The van der Waals surface area contributed by atoms with Gasteiger partial charge in [-0.1, -0.05) is 25.0 Å². The SMILES string of the molecule is O=C(O)[C@@H](CC1CC1)N1C[C@@H](C[N+]2(c3cc(=O)[nH]cn3)CCC(C3CCNCC3)CC2)[C@@H](c2cccc(F)c2)C1. The molecule has 0 radical (unpaired) electrons. The Kier molecular flexibility index (Phi) is 8.06. The number of aliphatic carboxylic acids is 1. The van der Waals surface area contributed by atoms with Crippen molar-refractivity contribution < 1.29 is 14.3 Å². The molecule has 4 heterocycles. The van der Waals surface area contributed by atoms with Crippen molar-refractivity contribution in [3.63, 3.8) is 0 Å². The van der Waals surface area contributed by atoms with Crippen LogP contribution in [-0.4, -0.2) is 77.8 Å². The maximum absolute atomic E-state index is 14.4. The highest BCUT2D eigenvalue weighted by Crippen LogP contribution is 2.42. The van der Waals surface area contributed by atoms with Crippen LogP contribution in [0.1, 0.15) is 56.4 Å². The Bertz CT molecular complexity index is 1240. The van der Waals surface area contributed by atoms with Crippen LogP contribution in [0, 0.1) is 29.5 Å². The van der Waals surface area contributed by atoms with Gasteiger partial charge in [-0.05, 0) is 67.8 Å². The largest absolute Gasteiger partial charge is 0.480 e. The summed E-state index contributed by atoms with van der Waals surface area (Å²) >= 11 is 0. The van der Waals surface area contributed by atoms with Crippen LogP contribution in [-0.2, 0) is 4.79 Å². The highest BCUT2D eigenvalue weighted by molar-refractivity contribution is 5.73. The lowest BCUT2D eigenvalue weighted by atomic mass is 9.78. The third kappa shape index (κ3) is 6.02. The van der Waals surface area contributed by atoms with E-state index in [-0.39, 0.29) is 23.2 Å². The summed E-state index contributed by atoms with van der Waals surface area (Å²) in [5.41, 5.74) is 0.790. The molecule has 1 aromatic carbocycles. The Morgan fingerprint density at radius 1 is 1.07 bits per heavy atom. The summed E-state index contributed by atoms with van der Waals surface area (Å²) in [7, 11) is 0. The molecule has 1 aliphatic carbocycles. The van der Waals surface area contributed by atoms with Gasteiger partial charge in [-0.3, -0.25) is 19.0 Å². The van der Waals surface area contributed by atoms with Crippen LogP contribution < -0.4 is 15.4 Å². The van der Waals surface area contributed by atoms with E-state index in [0.29, 0.717) is 35.8 Å². The van der Waals surface area contributed by atoms with Gasteiger partial charge in [0.15, 0.2) is 0 Å². The van der Waals surface area contributed by atoms with E-state index in [1.807, 2.05) is 6.07 Å². The molecule has 6 rings (SSSR count). The van der Waals surface area contributed by atoms with E-state index in [9.17, 15) is 19.1 Å². The maximum Gasteiger partial charge on any atom is 0.320 e. The Labute approximate surface area is 235 Å². The number of carbonyl (C=O) groups is 1. The highest BCUT2D eigenvalue weighted by Gasteiger charge is 2.47. The predicted molar refractivity (Wildman–Crippen MR) is 153 cm³/mol. The third-order valence-corrected chi connectivity index (χ3v) is 10.4. The van der Waals surface area contributed by atoms with Crippen LogP contribution >= 0.6 is 0 Å². The lowest BCUT2D eigenvalue weighted by Crippen LogP contribution is -2.59. The Balaban J connectivity index is 1.29. The molecular formula is C31H43FN5O3+. The van der Waals surface area contributed by atoms with Crippen molar-refractivity contribution in [1.82, 2.24) is 24.7 Å². The van der Waals surface area contributed by atoms with E-state index in [0.717, 1.165) is 75.7 Å². The maximum atomic E-state index is 14.4. The zero-order valence-electron chi connectivity index (χ0n) is 23.3. The fourth-order valence-corrected chi connectivity index (χ4v) is 7.98. The van der Waals surface area contributed by atoms with Crippen molar-refractivity contribution >= 4 is 11.8 Å². The average molecular weight is 553 g/mol. The highest BCUT2D eigenvalue weighted by atomic mass is 19.1. The molecule has 40 heavy (non-hydrogen) atoms. The van der Waals surface area contributed by atoms with Gasteiger partial charge in [0.25, 0.3) is 5.56 Å². The number of halogens is 1. The molecule has 3 aliphatic heterocycles. The number of quaternary nitrogens is 1. The first-order valence-electron chi connectivity index (χ1n) is 15.2. The van der Waals surface area contributed by atoms with Crippen LogP contribution in [0.25, 0.3) is 0 Å². The summed E-state index contributed by atoms with van der Waals surface area (Å²) in [6, 6.07) is 7.98. The molecule has 3 atom stereocenters. The first kappa shape index (κ1) is 27.5. The molecule has 8 nitrogen and oxygen atoms in total. The Morgan fingerprint density at radius 3 is 2.50 bits per heavy atom. The number of aromatic nitrogens is 2. The molecule has 1 saturated carbocycles. The normalized spacial score (nSPS) is 30.8. The molecule has 216 valence electrons. The van der Waals surface area contributed by atoms with Crippen molar-refractivity contribution in [2.24, 2.45) is 23.7 Å². The topological polar surface area (TPSA) is 98.3 Å². The van der Waals surface area contributed by atoms with E-state index in [4.69, 9.17) is 4.98 Å². The number of carboxylic acids is 1. The molecule has 9 heteroatoms. The first-order valence-corrected chi connectivity index (χ1v) is 15.2. The average Bonchev–Trinajstić information content (AvgIpc) is 3.70. The van der Waals surface area contributed by atoms with Crippen molar-refractivity contribution in [3.05, 3.63) is 58.4 Å². The summed E-state index contributed by atoms with van der Waals surface area (Å²) in [5.74, 6) is 1.87. The molecule has 3 N–H and O–H groups in total. The molecule has 2 aromatic rings. The minimum absolute atomic E-state index is 0.0240. The molecule has 4 fully saturated rings. The minimum atomic E-state index is -0.756. The van der Waals surface area contributed by atoms with Crippen LogP contribution in [0.2, 0.25) is 0 Å². The number of rotatable bonds is 9. The molecule has 0 spiro atoms. The summed E-state index contributed by atoms with van der Waals surface area (Å²) in [6.45, 7) is 6.06. The van der Waals surface area contributed by atoms with Gasteiger partial charge < -0.3 is 15.4 Å². The third-order valence-electron chi connectivity index (χ3n) is 10.4. The van der Waals surface area contributed by atoms with Gasteiger partial charge in [0.2, 0.25) is 5.82 Å². The monoisotopic (exact) mass is 552 g/mol. The van der Waals surface area contributed by atoms with Gasteiger partial charge >= 0.3 is 5.97 Å².